The molecule has 3 aromatic rings. The third kappa shape index (κ3) is 7.06. The summed E-state index contributed by atoms with van der Waals surface area (Å²) in [6.07, 6.45) is 1.62. The van der Waals surface area contributed by atoms with Gasteiger partial charge in [0.05, 0.1) is 18.8 Å². The Morgan fingerprint density at radius 3 is 2.65 bits per heavy atom. The number of aromatic nitrogens is 5. The summed E-state index contributed by atoms with van der Waals surface area (Å²) in [5.41, 5.74) is 5.85. The maximum atomic E-state index is 12.7. The fourth-order valence-electron chi connectivity index (χ4n) is 3.00. The number of nitrogens with one attached hydrogen (secondary N) is 1. The lowest BCUT2D eigenvalue weighted by atomic mass is 10.1. The van der Waals surface area contributed by atoms with Gasteiger partial charge in [0.15, 0.2) is 11.9 Å². The number of hydrogen-bond donors (Lipinski definition) is 2. The monoisotopic (exact) mass is 464 g/mol. The Morgan fingerprint density at radius 1 is 1.21 bits per heavy atom. The lowest BCUT2D eigenvalue weighted by molar-refractivity contribution is -0.126. The second-order valence-electron chi connectivity index (χ2n) is 8.20. The highest BCUT2D eigenvalue weighted by molar-refractivity contribution is 5.85. The molecule has 0 radical (unpaired) electrons. The van der Waals surface area contributed by atoms with Crippen molar-refractivity contribution in [1.82, 2.24) is 30.5 Å². The van der Waals surface area contributed by atoms with E-state index in [1.54, 1.807) is 38.2 Å². The summed E-state index contributed by atoms with van der Waals surface area (Å²) >= 11 is 0. The molecule has 1 amide bonds. The average Bonchev–Trinajstić information content (AvgIpc) is 3.31. The second kappa shape index (κ2) is 11.8. The number of ether oxygens (including phenoxy) is 2. The van der Waals surface area contributed by atoms with Crippen molar-refractivity contribution in [2.45, 2.75) is 38.1 Å². The molecule has 2 aromatic heterocycles. The predicted molar refractivity (Wildman–Crippen MR) is 123 cm³/mol. The van der Waals surface area contributed by atoms with Gasteiger partial charge in [-0.05, 0) is 35.9 Å². The fourth-order valence-corrected chi connectivity index (χ4v) is 3.00. The molecular formula is C23H28N8O3. The third-order valence-electron chi connectivity index (χ3n) is 4.83. The highest BCUT2D eigenvalue weighted by Crippen LogP contribution is 2.18. The normalized spacial score (nSPS) is 13.0. The Balaban J connectivity index is 1.79. The Labute approximate surface area is 198 Å². The minimum atomic E-state index is -1.12. The number of hydrogen-bond acceptors (Lipinski definition) is 8. The summed E-state index contributed by atoms with van der Waals surface area (Å²) in [6.45, 7) is 11.2. The first-order valence-corrected chi connectivity index (χ1v) is 10.7. The van der Waals surface area contributed by atoms with Crippen molar-refractivity contribution in [2.75, 3.05) is 19.8 Å². The van der Waals surface area contributed by atoms with Crippen molar-refractivity contribution in [3.05, 3.63) is 77.5 Å². The molecule has 0 unspecified atom stereocenters. The summed E-state index contributed by atoms with van der Waals surface area (Å²) in [5.74, 6) is 0.374. The molecule has 178 valence electrons. The molecule has 0 aliphatic rings. The molecule has 0 aliphatic heterocycles. The molecule has 0 spiro atoms. The van der Waals surface area contributed by atoms with Crippen molar-refractivity contribution >= 4 is 5.91 Å². The van der Waals surface area contributed by atoms with Gasteiger partial charge in [-0.1, -0.05) is 36.4 Å². The van der Waals surface area contributed by atoms with Crippen molar-refractivity contribution < 1.29 is 14.3 Å². The first-order chi connectivity index (χ1) is 16.4. The number of benzene rings is 1. The lowest BCUT2D eigenvalue weighted by Crippen LogP contribution is -2.51. The minimum absolute atomic E-state index is 0.0682. The van der Waals surface area contributed by atoms with E-state index in [1.165, 1.54) is 4.68 Å². The smallest absolute Gasteiger partial charge is 0.240 e. The van der Waals surface area contributed by atoms with E-state index < -0.39 is 17.6 Å². The molecule has 11 nitrogen and oxygen atoms in total. The quantitative estimate of drug-likeness (QED) is 0.387. The van der Waals surface area contributed by atoms with Gasteiger partial charge in [0.25, 0.3) is 0 Å². The standard InChI is InChI=1S/C23H28N8O3/c1-23(2,24)22(32)27-19(16-33-14-17-9-5-4-6-10-17)21-28-29-30-31(21)18(13-25-3)15-34-20-11-7-8-12-26-20/h4-12,18-19H,13-16,24H2,1-2H3,(H,27,32)/t18-,19-/m1/s1. The Morgan fingerprint density at radius 2 is 1.97 bits per heavy atom. The van der Waals surface area contributed by atoms with E-state index in [2.05, 4.69) is 30.7 Å². The SMILES string of the molecule is [C-]#[N+]C[C@H](COc1ccccn1)n1nnnc1[C@@H](COCc1ccccc1)NC(=O)C(C)(C)N. The molecule has 0 bridgehead atoms. The molecule has 2 atom stereocenters. The van der Waals surface area contributed by atoms with E-state index >= 15 is 0 Å². The molecule has 0 saturated heterocycles. The van der Waals surface area contributed by atoms with Crippen LogP contribution >= 0.6 is 0 Å². The summed E-state index contributed by atoms with van der Waals surface area (Å²) in [6, 6.07) is 13.8. The minimum Gasteiger partial charge on any atom is -0.475 e. The predicted octanol–water partition coefficient (Wildman–Crippen LogP) is 1.72. The second-order valence-corrected chi connectivity index (χ2v) is 8.20. The van der Waals surface area contributed by atoms with Gasteiger partial charge in [-0.3, -0.25) is 4.79 Å². The van der Waals surface area contributed by atoms with Crippen LogP contribution in [0.15, 0.2) is 54.7 Å². The van der Waals surface area contributed by atoms with Crippen LogP contribution in [0, 0.1) is 6.57 Å². The first kappa shape index (κ1) is 24.8. The summed E-state index contributed by atoms with van der Waals surface area (Å²) in [4.78, 5) is 20.3. The van der Waals surface area contributed by atoms with E-state index in [-0.39, 0.29) is 25.7 Å². The van der Waals surface area contributed by atoms with Crippen LogP contribution in [-0.2, 0) is 16.1 Å². The highest BCUT2D eigenvalue weighted by Gasteiger charge is 2.31. The van der Waals surface area contributed by atoms with Gasteiger partial charge in [0.1, 0.15) is 12.6 Å². The van der Waals surface area contributed by atoms with Gasteiger partial charge in [-0.15, -0.1) is 5.10 Å². The summed E-state index contributed by atoms with van der Waals surface area (Å²) in [5, 5.41) is 14.9. The number of pyridine rings is 1. The number of carbonyl (C=O) groups is 1. The molecule has 1 aromatic carbocycles. The van der Waals surface area contributed by atoms with Crippen LogP contribution in [0.4, 0.5) is 0 Å². The van der Waals surface area contributed by atoms with Crippen LogP contribution in [-0.4, -0.2) is 56.4 Å². The molecule has 0 aliphatic carbocycles. The molecule has 3 rings (SSSR count). The maximum Gasteiger partial charge on any atom is 0.240 e. The van der Waals surface area contributed by atoms with Crippen LogP contribution in [0.3, 0.4) is 0 Å². The summed E-state index contributed by atoms with van der Waals surface area (Å²) in [7, 11) is 0. The fraction of sp³-hybridized carbons (Fsp3) is 0.391. The van der Waals surface area contributed by atoms with Gasteiger partial charge < -0.3 is 25.4 Å². The zero-order valence-electron chi connectivity index (χ0n) is 19.2. The lowest BCUT2D eigenvalue weighted by Gasteiger charge is -2.24. The first-order valence-electron chi connectivity index (χ1n) is 10.7. The van der Waals surface area contributed by atoms with Crippen LogP contribution in [0.5, 0.6) is 5.88 Å². The van der Waals surface area contributed by atoms with E-state index in [0.717, 1.165) is 5.56 Å². The number of amides is 1. The molecule has 0 saturated carbocycles. The molecule has 3 N–H and O–H groups in total. The number of rotatable bonds is 12. The maximum absolute atomic E-state index is 12.7. The van der Waals surface area contributed by atoms with E-state index in [0.29, 0.717) is 18.3 Å². The number of carbonyl (C=O) groups excluding carboxylic acids is 1. The van der Waals surface area contributed by atoms with Crippen molar-refractivity contribution in [3.8, 4) is 5.88 Å². The third-order valence-corrected chi connectivity index (χ3v) is 4.83. The van der Waals surface area contributed by atoms with Gasteiger partial charge in [-0.25, -0.2) is 16.2 Å². The summed E-state index contributed by atoms with van der Waals surface area (Å²) < 4.78 is 13.1. The van der Waals surface area contributed by atoms with Gasteiger partial charge in [0, 0.05) is 12.3 Å². The van der Waals surface area contributed by atoms with E-state index in [1.807, 2.05) is 30.3 Å². The number of tetrazole rings is 1. The molecular weight excluding hydrogens is 436 g/mol. The van der Waals surface area contributed by atoms with Crippen molar-refractivity contribution in [3.63, 3.8) is 0 Å². The Bertz CT molecular complexity index is 1080. The molecule has 11 heteroatoms. The van der Waals surface area contributed by atoms with Crippen LogP contribution in [0.1, 0.15) is 37.3 Å². The Kier molecular flexibility index (Phi) is 8.61. The van der Waals surface area contributed by atoms with Gasteiger partial charge in [0.2, 0.25) is 18.3 Å². The van der Waals surface area contributed by atoms with Crippen molar-refractivity contribution in [1.29, 1.82) is 0 Å². The number of nitrogens with zero attached hydrogens (tertiary/aromatic N) is 6. The van der Waals surface area contributed by atoms with Crippen LogP contribution in [0.25, 0.3) is 4.85 Å². The topological polar surface area (TPSA) is 134 Å². The highest BCUT2D eigenvalue weighted by atomic mass is 16.5. The number of nitrogens with two attached hydrogens (primary N) is 1. The largest absolute Gasteiger partial charge is 0.475 e. The zero-order chi connectivity index (χ0) is 24.4. The van der Waals surface area contributed by atoms with E-state index in [4.69, 9.17) is 21.8 Å². The average molecular weight is 465 g/mol. The van der Waals surface area contributed by atoms with Crippen LogP contribution < -0.4 is 15.8 Å². The molecule has 2 heterocycles. The van der Waals surface area contributed by atoms with Crippen molar-refractivity contribution in [2.24, 2.45) is 5.73 Å². The molecule has 34 heavy (non-hydrogen) atoms. The zero-order valence-corrected chi connectivity index (χ0v) is 19.2. The van der Waals surface area contributed by atoms with Gasteiger partial charge >= 0.3 is 0 Å². The van der Waals surface area contributed by atoms with Crippen LogP contribution in [0.2, 0.25) is 0 Å². The van der Waals surface area contributed by atoms with Gasteiger partial charge in [-0.2, -0.15) is 0 Å². The Hall–Kier alpha value is -3.88. The van der Waals surface area contributed by atoms with E-state index in [9.17, 15) is 4.79 Å². The molecule has 0 fully saturated rings.